The van der Waals surface area contributed by atoms with E-state index < -0.39 is 11.6 Å². The van der Waals surface area contributed by atoms with Crippen LogP contribution in [0.2, 0.25) is 0 Å². The molecule has 6 nitrogen and oxygen atoms in total. The van der Waals surface area contributed by atoms with E-state index in [2.05, 4.69) is 10.1 Å². The van der Waals surface area contributed by atoms with Gasteiger partial charge in [0, 0.05) is 6.54 Å². The molecule has 2 amide bonds. The third-order valence-electron chi connectivity index (χ3n) is 1.94. The monoisotopic (exact) mass is 246 g/mol. The summed E-state index contributed by atoms with van der Waals surface area (Å²) in [5.74, 6) is -0.472. The first-order valence-electron chi connectivity index (χ1n) is 5.71. The highest BCUT2D eigenvalue weighted by Gasteiger charge is 2.21. The number of amides is 2. The number of ether oxygens (including phenoxy) is 1. The lowest BCUT2D eigenvalue weighted by Crippen LogP contribution is -2.47. The molecule has 0 aromatic rings. The smallest absolute Gasteiger partial charge is 0.325 e. The number of carbonyl (C=O) groups excluding carboxylic acids is 2. The van der Waals surface area contributed by atoms with Crippen molar-refractivity contribution < 1.29 is 19.4 Å². The molecular weight excluding hydrogens is 224 g/mol. The van der Waals surface area contributed by atoms with Crippen molar-refractivity contribution in [2.24, 2.45) is 0 Å². The van der Waals surface area contributed by atoms with Gasteiger partial charge in [0.2, 0.25) is 0 Å². The predicted molar refractivity (Wildman–Crippen MR) is 63.6 cm³/mol. The van der Waals surface area contributed by atoms with Gasteiger partial charge in [-0.2, -0.15) is 0 Å². The summed E-state index contributed by atoms with van der Waals surface area (Å²) in [4.78, 5) is 24.1. The minimum Gasteiger partial charge on any atom is -0.465 e. The Bertz CT molecular complexity index is 261. The van der Waals surface area contributed by atoms with E-state index in [4.69, 9.17) is 0 Å². The topological polar surface area (TPSA) is 78.9 Å². The van der Waals surface area contributed by atoms with Gasteiger partial charge in [0.1, 0.15) is 6.54 Å². The second-order valence-electron chi connectivity index (χ2n) is 4.29. The zero-order chi connectivity index (χ0) is 13.5. The summed E-state index contributed by atoms with van der Waals surface area (Å²) in [6.07, 6.45) is 0. The lowest BCUT2D eigenvalue weighted by Gasteiger charge is -2.28. The SMILES string of the molecule is CCOC(=O)CNC(=O)N(CC)CC(C)(C)O. The first kappa shape index (κ1) is 15.7. The maximum absolute atomic E-state index is 11.7. The van der Waals surface area contributed by atoms with Crippen LogP contribution >= 0.6 is 0 Å². The largest absolute Gasteiger partial charge is 0.465 e. The van der Waals surface area contributed by atoms with Crippen molar-refractivity contribution in [3.05, 3.63) is 0 Å². The van der Waals surface area contributed by atoms with Crippen LogP contribution in [-0.4, -0.2) is 53.8 Å². The Morgan fingerprint density at radius 2 is 1.94 bits per heavy atom. The molecule has 0 saturated heterocycles. The molecule has 0 spiro atoms. The van der Waals surface area contributed by atoms with Crippen LogP contribution in [0.25, 0.3) is 0 Å². The number of rotatable bonds is 6. The van der Waals surface area contributed by atoms with Gasteiger partial charge >= 0.3 is 12.0 Å². The van der Waals surface area contributed by atoms with Gasteiger partial charge in [-0.3, -0.25) is 4.79 Å². The van der Waals surface area contributed by atoms with Crippen LogP contribution in [0.1, 0.15) is 27.7 Å². The molecule has 0 rings (SSSR count). The highest BCUT2D eigenvalue weighted by atomic mass is 16.5. The zero-order valence-electron chi connectivity index (χ0n) is 10.9. The maximum atomic E-state index is 11.7. The van der Waals surface area contributed by atoms with Crippen molar-refractivity contribution in [3.8, 4) is 0 Å². The van der Waals surface area contributed by atoms with Gasteiger partial charge in [0.15, 0.2) is 0 Å². The minimum absolute atomic E-state index is 0.158. The Morgan fingerprint density at radius 1 is 1.35 bits per heavy atom. The second kappa shape index (κ2) is 7.11. The standard InChI is InChI=1S/C11H22N2O4/c1-5-13(8-11(3,4)16)10(15)12-7-9(14)17-6-2/h16H,5-8H2,1-4H3,(H,12,15). The Labute approximate surface area is 102 Å². The van der Waals surface area contributed by atoms with Crippen LogP contribution in [-0.2, 0) is 9.53 Å². The average Bonchev–Trinajstić information content (AvgIpc) is 2.21. The molecule has 6 heteroatoms. The minimum atomic E-state index is -0.961. The normalized spacial score (nSPS) is 10.9. The van der Waals surface area contributed by atoms with E-state index in [1.54, 1.807) is 27.7 Å². The molecule has 0 aliphatic heterocycles. The number of esters is 1. The summed E-state index contributed by atoms with van der Waals surface area (Å²) in [6.45, 7) is 7.53. The average molecular weight is 246 g/mol. The van der Waals surface area contributed by atoms with Crippen LogP contribution in [0.3, 0.4) is 0 Å². The number of likely N-dealkylation sites (N-methyl/N-ethyl adjacent to an activating group) is 1. The van der Waals surface area contributed by atoms with Crippen LogP contribution < -0.4 is 5.32 Å². The molecule has 17 heavy (non-hydrogen) atoms. The van der Waals surface area contributed by atoms with E-state index in [-0.39, 0.29) is 25.7 Å². The number of hydrogen-bond donors (Lipinski definition) is 2. The molecule has 0 aliphatic carbocycles. The van der Waals surface area contributed by atoms with Crippen LogP contribution in [0.15, 0.2) is 0 Å². The fraction of sp³-hybridized carbons (Fsp3) is 0.818. The van der Waals surface area contributed by atoms with Gasteiger partial charge in [0.25, 0.3) is 0 Å². The zero-order valence-corrected chi connectivity index (χ0v) is 10.9. The van der Waals surface area contributed by atoms with Crippen molar-refractivity contribution >= 4 is 12.0 Å². The van der Waals surface area contributed by atoms with Crippen LogP contribution in [0.4, 0.5) is 4.79 Å². The Balaban J connectivity index is 4.13. The predicted octanol–water partition coefficient (Wildman–Crippen LogP) is 0.352. The molecule has 100 valence electrons. The first-order valence-corrected chi connectivity index (χ1v) is 5.71. The molecule has 0 aliphatic rings. The lowest BCUT2D eigenvalue weighted by molar-refractivity contribution is -0.141. The maximum Gasteiger partial charge on any atom is 0.325 e. The Morgan fingerprint density at radius 3 is 2.35 bits per heavy atom. The van der Waals surface area contributed by atoms with E-state index in [1.165, 1.54) is 4.90 Å². The number of hydrogen-bond acceptors (Lipinski definition) is 4. The highest BCUT2D eigenvalue weighted by molar-refractivity contribution is 5.80. The molecule has 0 aromatic carbocycles. The summed E-state index contributed by atoms with van der Waals surface area (Å²) in [5, 5.41) is 12.1. The number of urea groups is 1. The van der Waals surface area contributed by atoms with E-state index >= 15 is 0 Å². The summed E-state index contributed by atoms with van der Waals surface area (Å²) in [6, 6.07) is -0.386. The lowest BCUT2D eigenvalue weighted by atomic mass is 10.1. The fourth-order valence-corrected chi connectivity index (χ4v) is 1.27. The highest BCUT2D eigenvalue weighted by Crippen LogP contribution is 2.04. The van der Waals surface area contributed by atoms with E-state index in [0.717, 1.165) is 0 Å². The van der Waals surface area contributed by atoms with E-state index in [9.17, 15) is 14.7 Å². The molecule has 2 N–H and O–H groups in total. The molecule has 0 aromatic heterocycles. The van der Waals surface area contributed by atoms with Crippen molar-refractivity contribution in [3.63, 3.8) is 0 Å². The van der Waals surface area contributed by atoms with Gasteiger partial charge in [-0.05, 0) is 27.7 Å². The Hall–Kier alpha value is -1.30. The number of nitrogens with one attached hydrogen (secondary N) is 1. The molecule has 0 heterocycles. The summed E-state index contributed by atoms with van der Waals surface area (Å²) < 4.78 is 4.69. The molecule has 0 radical (unpaired) electrons. The molecule has 0 unspecified atom stereocenters. The summed E-state index contributed by atoms with van der Waals surface area (Å²) >= 11 is 0. The third kappa shape index (κ3) is 7.57. The van der Waals surface area contributed by atoms with Crippen molar-refractivity contribution in [2.45, 2.75) is 33.3 Å². The first-order chi connectivity index (χ1) is 7.80. The van der Waals surface area contributed by atoms with Gasteiger partial charge in [-0.15, -0.1) is 0 Å². The van der Waals surface area contributed by atoms with Gasteiger partial charge in [-0.25, -0.2) is 4.79 Å². The number of aliphatic hydroxyl groups is 1. The Kier molecular flexibility index (Phi) is 6.57. The number of nitrogens with zero attached hydrogens (tertiary/aromatic N) is 1. The summed E-state index contributed by atoms with van der Waals surface area (Å²) in [7, 11) is 0. The molecule has 0 atom stereocenters. The molecular formula is C11H22N2O4. The fourth-order valence-electron chi connectivity index (χ4n) is 1.27. The van der Waals surface area contributed by atoms with Crippen LogP contribution in [0, 0.1) is 0 Å². The van der Waals surface area contributed by atoms with Crippen molar-refractivity contribution in [1.82, 2.24) is 10.2 Å². The van der Waals surface area contributed by atoms with Gasteiger partial charge in [-0.1, -0.05) is 0 Å². The van der Waals surface area contributed by atoms with Gasteiger partial charge in [0.05, 0.1) is 18.8 Å². The number of carbonyl (C=O) groups is 2. The summed E-state index contributed by atoms with van der Waals surface area (Å²) in [5.41, 5.74) is -0.961. The molecule has 0 saturated carbocycles. The molecule has 0 bridgehead atoms. The van der Waals surface area contributed by atoms with Crippen molar-refractivity contribution in [1.29, 1.82) is 0 Å². The van der Waals surface area contributed by atoms with Gasteiger partial charge < -0.3 is 20.1 Å². The van der Waals surface area contributed by atoms with Crippen LogP contribution in [0.5, 0.6) is 0 Å². The van der Waals surface area contributed by atoms with E-state index in [1.807, 2.05) is 0 Å². The van der Waals surface area contributed by atoms with Crippen molar-refractivity contribution in [2.75, 3.05) is 26.2 Å². The van der Waals surface area contributed by atoms with E-state index in [0.29, 0.717) is 6.54 Å². The second-order valence-corrected chi connectivity index (χ2v) is 4.29. The quantitative estimate of drug-likeness (QED) is 0.663. The molecule has 0 fully saturated rings. The third-order valence-corrected chi connectivity index (χ3v) is 1.94.